The first-order valence-electron chi connectivity index (χ1n) is 6.73. The molecule has 2 rings (SSSR count). The molecule has 1 fully saturated rings. The van der Waals surface area contributed by atoms with Crippen molar-refractivity contribution in [1.82, 2.24) is 5.32 Å². The second-order valence-electron chi connectivity index (χ2n) is 4.79. The maximum Gasteiger partial charge on any atom is 0.305 e. The van der Waals surface area contributed by atoms with Crippen molar-refractivity contribution in [1.29, 1.82) is 0 Å². The Kier molecular flexibility index (Phi) is 4.76. The molecule has 1 aromatic rings. The second kappa shape index (κ2) is 6.55. The third-order valence-corrected chi connectivity index (χ3v) is 3.50. The van der Waals surface area contributed by atoms with Crippen LogP contribution in [0.3, 0.4) is 0 Å². The van der Waals surface area contributed by atoms with E-state index in [4.69, 9.17) is 4.74 Å². The number of nitrogens with one attached hydrogen (secondary N) is 1. The molecule has 3 nitrogen and oxygen atoms in total. The van der Waals surface area contributed by atoms with Gasteiger partial charge in [-0.1, -0.05) is 30.3 Å². The zero-order valence-corrected chi connectivity index (χ0v) is 10.9. The van der Waals surface area contributed by atoms with Gasteiger partial charge in [0.1, 0.15) is 0 Å². The maximum atomic E-state index is 11.3. The minimum absolute atomic E-state index is 0.0811. The molecular weight excluding hydrogens is 226 g/mol. The lowest BCUT2D eigenvalue weighted by atomic mass is 9.95. The van der Waals surface area contributed by atoms with Crippen LogP contribution >= 0.6 is 0 Å². The predicted molar refractivity (Wildman–Crippen MR) is 71.5 cm³/mol. The highest BCUT2D eigenvalue weighted by molar-refractivity contribution is 5.69. The quantitative estimate of drug-likeness (QED) is 0.812. The largest absolute Gasteiger partial charge is 0.466 e. The lowest BCUT2D eigenvalue weighted by Gasteiger charge is -2.10. The molecule has 3 heteroatoms. The summed E-state index contributed by atoms with van der Waals surface area (Å²) in [7, 11) is 0. The normalized spacial score (nSPS) is 22.9. The van der Waals surface area contributed by atoms with Gasteiger partial charge in [-0.3, -0.25) is 4.79 Å². The van der Waals surface area contributed by atoms with Gasteiger partial charge in [0.05, 0.1) is 6.61 Å². The van der Waals surface area contributed by atoms with Crippen LogP contribution in [-0.2, 0) is 9.53 Å². The number of carbonyl (C=O) groups is 1. The number of benzene rings is 1. The van der Waals surface area contributed by atoms with Crippen molar-refractivity contribution in [3.8, 4) is 0 Å². The van der Waals surface area contributed by atoms with Crippen LogP contribution in [-0.4, -0.2) is 25.2 Å². The Balaban J connectivity index is 1.77. The van der Waals surface area contributed by atoms with E-state index in [0.29, 0.717) is 25.0 Å². The van der Waals surface area contributed by atoms with Gasteiger partial charge in [0.2, 0.25) is 0 Å². The first-order chi connectivity index (χ1) is 8.79. The number of ether oxygens (including phenoxy) is 1. The van der Waals surface area contributed by atoms with Crippen molar-refractivity contribution < 1.29 is 9.53 Å². The average molecular weight is 247 g/mol. The predicted octanol–water partition coefficient (Wildman–Crippen LogP) is 2.48. The molecule has 0 bridgehead atoms. The molecular formula is C15H21NO2. The average Bonchev–Trinajstić information content (AvgIpc) is 2.87. The van der Waals surface area contributed by atoms with Gasteiger partial charge in [0, 0.05) is 19.0 Å². The van der Waals surface area contributed by atoms with Gasteiger partial charge >= 0.3 is 5.97 Å². The van der Waals surface area contributed by atoms with Gasteiger partial charge in [-0.05, 0) is 31.2 Å². The van der Waals surface area contributed by atoms with Crippen molar-refractivity contribution in [2.75, 3.05) is 13.2 Å². The summed E-state index contributed by atoms with van der Waals surface area (Å²) in [6, 6.07) is 11.0. The van der Waals surface area contributed by atoms with Gasteiger partial charge in [-0.15, -0.1) is 0 Å². The van der Waals surface area contributed by atoms with Crippen LogP contribution in [0.4, 0.5) is 0 Å². The van der Waals surface area contributed by atoms with Crippen LogP contribution < -0.4 is 5.32 Å². The van der Waals surface area contributed by atoms with E-state index in [-0.39, 0.29) is 5.97 Å². The maximum absolute atomic E-state index is 11.3. The first kappa shape index (κ1) is 13.1. The Labute approximate surface area is 109 Å². The van der Waals surface area contributed by atoms with Gasteiger partial charge < -0.3 is 10.1 Å². The molecule has 0 spiro atoms. The minimum Gasteiger partial charge on any atom is -0.466 e. The van der Waals surface area contributed by atoms with Gasteiger partial charge in [-0.25, -0.2) is 0 Å². The van der Waals surface area contributed by atoms with Crippen molar-refractivity contribution >= 4 is 5.97 Å². The summed E-state index contributed by atoms with van der Waals surface area (Å²) in [5, 5.41) is 3.49. The van der Waals surface area contributed by atoms with Crippen LogP contribution in [0.1, 0.15) is 37.7 Å². The Bertz CT molecular complexity index is 377. The van der Waals surface area contributed by atoms with Crippen LogP contribution in [0.25, 0.3) is 0 Å². The Morgan fingerprint density at radius 1 is 1.39 bits per heavy atom. The van der Waals surface area contributed by atoms with Crippen molar-refractivity contribution in [2.45, 2.75) is 38.1 Å². The zero-order valence-electron chi connectivity index (χ0n) is 10.9. The van der Waals surface area contributed by atoms with Crippen LogP contribution in [0.5, 0.6) is 0 Å². The van der Waals surface area contributed by atoms with Crippen LogP contribution in [0, 0.1) is 0 Å². The van der Waals surface area contributed by atoms with E-state index in [9.17, 15) is 4.79 Å². The van der Waals surface area contributed by atoms with E-state index in [1.807, 2.05) is 13.0 Å². The SMILES string of the molecule is CCOC(=O)CC[C@@H]1C[C@@H](c2ccccc2)CN1. The summed E-state index contributed by atoms with van der Waals surface area (Å²) >= 11 is 0. The van der Waals surface area contributed by atoms with Crippen molar-refractivity contribution in [3.05, 3.63) is 35.9 Å². The lowest BCUT2D eigenvalue weighted by molar-refractivity contribution is -0.143. The van der Waals surface area contributed by atoms with E-state index in [2.05, 4.69) is 29.6 Å². The summed E-state index contributed by atoms with van der Waals surface area (Å²) in [6.45, 7) is 3.33. The fraction of sp³-hybridized carbons (Fsp3) is 0.533. The molecule has 0 unspecified atom stereocenters. The van der Waals surface area contributed by atoms with Gasteiger partial charge in [0.15, 0.2) is 0 Å². The molecule has 1 heterocycles. The third-order valence-electron chi connectivity index (χ3n) is 3.50. The van der Waals surface area contributed by atoms with Crippen LogP contribution in [0.2, 0.25) is 0 Å². The van der Waals surface area contributed by atoms with Crippen molar-refractivity contribution in [3.63, 3.8) is 0 Å². The summed E-state index contributed by atoms with van der Waals surface area (Å²) < 4.78 is 4.95. The summed E-state index contributed by atoms with van der Waals surface area (Å²) in [4.78, 5) is 11.3. The van der Waals surface area contributed by atoms with E-state index in [1.165, 1.54) is 5.56 Å². The highest BCUT2D eigenvalue weighted by Gasteiger charge is 2.25. The summed E-state index contributed by atoms with van der Waals surface area (Å²) in [5.41, 5.74) is 1.39. The highest BCUT2D eigenvalue weighted by atomic mass is 16.5. The molecule has 0 radical (unpaired) electrons. The molecule has 0 aliphatic carbocycles. The molecule has 1 aromatic carbocycles. The number of hydrogen-bond acceptors (Lipinski definition) is 3. The standard InChI is InChI=1S/C15H21NO2/c1-2-18-15(17)9-8-14-10-13(11-16-14)12-6-4-3-5-7-12/h3-7,13-14,16H,2,8-11H2,1H3/t13-,14-/m1/s1. The van der Waals surface area contributed by atoms with Gasteiger partial charge in [0.25, 0.3) is 0 Å². The number of carbonyl (C=O) groups excluding carboxylic acids is 1. The zero-order chi connectivity index (χ0) is 12.8. The molecule has 1 saturated heterocycles. The highest BCUT2D eigenvalue weighted by Crippen LogP contribution is 2.27. The summed E-state index contributed by atoms with van der Waals surface area (Å²) in [6.07, 6.45) is 2.51. The molecule has 0 saturated carbocycles. The molecule has 2 atom stereocenters. The molecule has 1 aliphatic rings. The lowest BCUT2D eigenvalue weighted by Crippen LogP contribution is -2.22. The fourth-order valence-corrected chi connectivity index (χ4v) is 2.54. The monoisotopic (exact) mass is 247 g/mol. The minimum atomic E-state index is -0.0811. The van der Waals surface area contributed by atoms with E-state index in [0.717, 1.165) is 19.4 Å². The molecule has 0 amide bonds. The van der Waals surface area contributed by atoms with Gasteiger partial charge in [-0.2, -0.15) is 0 Å². The topological polar surface area (TPSA) is 38.3 Å². The molecule has 1 aliphatic heterocycles. The molecule has 0 aromatic heterocycles. The summed E-state index contributed by atoms with van der Waals surface area (Å²) in [5.74, 6) is 0.501. The van der Waals surface area contributed by atoms with E-state index >= 15 is 0 Å². The Morgan fingerprint density at radius 3 is 2.89 bits per heavy atom. The van der Waals surface area contributed by atoms with Crippen LogP contribution in [0.15, 0.2) is 30.3 Å². The number of rotatable bonds is 5. The first-order valence-corrected chi connectivity index (χ1v) is 6.73. The Morgan fingerprint density at radius 2 is 2.17 bits per heavy atom. The number of hydrogen-bond donors (Lipinski definition) is 1. The molecule has 18 heavy (non-hydrogen) atoms. The van der Waals surface area contributed by atoms with E-state index in [1.54, 1.807) is 0 Å². The van der Waals surface area contributed by atoms with E-state index < -0.39 is 0 Å². The number of esters is 1. The van der Waals surface area contributed by atoms with Crippen molar-refractivity contribution in [2.24, 2.45) is 0 Å². The third kappa shape index (κ3) is 3.57. The second-order valence-corrected chi connectivity index (χ2v) is 4.79. The molecule has 98 valence electrons. The smallest absolute Gasteiger partial charge is 0.305 e. The Hall–Kier alpha value is -1.35. The fourth-order valence-electron chi connectivity index (χ4n) is 2.54. The molecule has 1 N–H and O–H groups in total.